The minimum absolute atomic E-state index is 0. The predicted octanol–water partition coefficient (Wildman–Crippen LogP) is 1.86. The standard InChI is InChI=1S/C6H14N2.2ClH/c1-4-8-6(7)5(2)3;;/h5H,4H2,1-3H3,(H2,7,8);2*1H. The molecule has 0 radical (unpaired) electrons. The lowest BCUT2D eigenvalue weighted by atomic mass is 10.2. The maximum absolute atomic E-state index is 5.48. The number of amidine groups is 1. The highest BCUT2D eigenvalue weighted by atomic mass is 35.5. The van der Waals surface area contributed by atoms with E-state index >= 15 is 0 Å². The Bertz CT molecular complexity index is 91.7. The van der Waals surface area contributed by atoms with E-state index < -0.39 is 0 Å². The lowest BCUT2D eigenvalue weighted by Gasteiger charge is -2.00. The van der Waals surface area contributed by atoms with E-state index in [-0.39, 0.29) is 24.8 Å². The van der Waals surface area contributed by atoms with Crippen molar-refractivity contribution in [1.82, 2.24) is 0 Å². The molecule has 0 aliphatic carbocycles. The summed E-state index contributed by atoms with van der Waals surface area (Å²) in [5, 5.41) is 0. The van der Waals surface area contributed by atoms with Gasteiger partial charge in [0.05, 0.1) is 5.84 Å². The van der Waals surface area contributed by atoms with Gasteiger partial charge in [-0.2, -0.15) is 0 Å². The summed E-state index contributed by atoms with van der Waals surface area (Å²) >= 11 is 0. The second kappa shape index (κ2) is 9.05. The van der Waals surface area contributed by atoms with E-state index in [1.807, 2.05) is 20.8 Å². The van der Waals surface area contributed by atoms with Crippen molar-refractivity contribution >= 4 is 30.6 Å². The molecule has 2 nitrogen and oxygen atoms in total. The number of nitrogens with two attached hydrogens (primary N) is 1. The summed E-state index contributed by atoms with van der Waals surface area (Å²) in [6.45, 7) is 6.85. The lowest BCUT2D eigenvalue weighted by Crippen LogP contribution is -2.18. The van der Waals surface area contributed by atoms with Gasteiger partial charge in [-0.25, -0.2) is 0 Å². The summed E-state index contributed by atoms with van der Waals surface area (Å²) < 4.78 is 0. The van der Waals surface area contributed by atoms with Gasteiger partial charge < -0.3 is 5.73 Å². The normalized spacial score (nSPS) is 10.2. The van der Waals surface area contributed by atoms with E-state index in [2.05, 4.69) is 4.99 Å². The van der Waals surface area contributed by atoms with Crippen LogP contribution in [0, 0.1) is 5.92 Å². The Morgan fingerprint density at radius 3 is 1.90 bits per heavy atom. The van der Waals surface area contributed by atoms with Gasteiger partial charge in [0.1, 0.15) is 0 Å². The van der Waals surface area contributed by atoms with Crippen molar-refractivity contribution in [1.29, 1.82) is 0 Å². The summed E-state index contributed by atoms with van der Waals surface area (Å²) in [7, 11) is 0. The minimum atomic E-state index is 0. The molecule has 0 aromatic carbocycles. The third-order valence-electron chi connectivity index (χ3n) is 0.932. The quantitative estimate of drug-likeness (QED) is 0.520. The van der Waals surface area contributed by atoms with Crippen molar-refractivity contribution in [2.45, 2.75) is 20.8 Å². The average molecular weight is 187 g/mol. The number of halogens is 2. The molecule has 0 aromatic rings. The summed E-state index contributed by atoms with van der Waals surface area (Å²) in [5.74, 6) is 1.16. The molecule has 4 heteroatoms. The zero-order valence-electron chi connectivity index (χ0n) is 6.63. The second-order valence-electron chi connectivity index (χ2n) is 2.05. The topological polar surface area (TPSA) is 38.4 Å². The van der Waals surface area contributed by atoms with Crippen LogP contribution in [0.1, 0.15) is 20.8 Å². The van der Waals surface area contributed by atoms with Gasteiger partial charge in [0.2, 0.25) is 0 Å². The summed E-state index contributed by atoms with van der Waals surface area (Å²) in [4.78, 5) is 4.02. The largest absolute Gasteiger partial charge is 0.387 e. The number of hydrogen-bond acceptors (Lipinski definition) is 1. The van der Waals surface area contributed by atoms with E-state index in [0.717, 1.165) is 12.4 Å². The van der Waals surface area contributed by atoms with Crippen molar-refractivity contribution in [2.24, 2.45) is 16.6 Å². The van der Waals surface area contributed by atoms with E-state index in [1.54, 1.807) is 0 Å². The molecule has 0 unspecified atom stereocenters. The van der Waals surface area contributed by atoms with Gasteiger partial charge in [-0.3, -0.25) is 4.99 Å². The Morgan fingerprint density at radius 2 is 1.80 bits per heavy atom. The van der Waals surface area contributed by atoms with Crippen molar-refractivity contribution in [3.63, 3.8) is 0 Å². The number of aliphatic imine (C=N–C) groups is 1. The van der Waals surface area contributed by atoms with Crippen LogP contribution in [0.4, 0.5) is 0 Å². The predicted molar refractivity (Wildman–Crippen MR) is 51.5 cm³/mol. The molecule has 0 bridgehead atoms. The van der Waals surface area contributed by atoms with Gasteiger partial charge in [0.25, 0.3) is 0 Å². The smallest absolute Gasteiger partial charge is 0.0962 e. The third-order valence-corrected chi connectivity index (χ3v) is 0.932. The molecule has 0 aliphatic rings. The first kappa shape index (κ1) is 16.6. The fourth-order valence-electron chi connectivity index (χ4n) is 0.365. The Kier molecular flexibility index (Phi) is 15.0. The summed E-state index contributed by atoms with van der Waals surface area (Å²) in [5.41, 5.74) is 5.48. The van der Waals surface area contributed by atoms with Crippen molar-refractivity contribution in [3.8, 4) is 0 Å². The fourth-order valence-corrected chi connectivity index (χ4v) is 0.365. The maximum Gasteiger partial charge on any atom is 0.0962 e. The first-order valence-electron chi connectivity index (χ1n) is 2.98. The van der Waals surface area contributed by atoms with Crippen molar-refractivity contribution < 1.29 is 0 Å². The molecule has 0 aromatic heterocycles. The molecule has 10 heavy (non-hydrogen) atoms. The van der Waals surface area contributed by atoms with E-state index in [0.29, 0.717) is 5.92 Å². The van der Waals surface area contributed by atoms with Crippen LogP contribution < -0.4 is 5.73 Å². The second-order valence-corrected chi connectivity index (χ2v) is 2.05. The van der Waals surface area contributed by atoms with E-state index in [4.69, 9.17) is 5.73 Å². The molecule has 0 saturated carbocycles. The van der Waals surface area contributed by atoms with Gasteiger partial charge in [-0.05, 0) is 6.92 Å². The number of hydrogen-bond donors (Lipinski definition) is 1. The third kappa shape index (κ3) is 8.05. The molecule has 0 amide bonds. The molecule has 2 N–H and O–H groups in total. The molecular formula is C6H16Cl2N2. The molecule has 0 rings (SSSR count). The highest BCUT2D eigenvalue weighted by Gasteiger charge is 1.94. The highest BCUT2D eigenvalue weighted by molar-refractivity contribution is 5.85. The molecule has 0 saturated heterocycles. The molecule has 0 heterocycles. The summed E-state index contributed by atoms with van der Waals surface area (Å²) in [6, 6.07) is 0. The van der Waals surface area contributed by atoms with Crippen LogP contribution in [0.15, 0.2) is 4.99 Å². The SMILES string of the molecule is CCN=C(N)C(C)C.Cl.Cl. The Morgan fingerprint density at radius 1 is 1.40 bits per heavy atom. The molecule has 0 atom stereocenters. The van der Waals surface area contributed by atoms with Crippen LogP contribution >= 0.6 is 24.8 Å². The first-order valence-corrected chi connectivity index (χ1v) is 2.98. The molecule has 64 valence electrons. The van der Waals surface area contributed by atoms with Crippen LogP contribution in [0.25, 0.3) is 0 Å². The Balaban J connectivity index is -0.000000245. The van der Waals surface area contributed by atoms with E-state index in [1.165, 1.54) is 0 Å². The Labute approximate surface area is 75.1 Å². The van der Waals surface area contributed by atoms with E-state index in [9.17, 15) is 0 Å². The number of nitrogens with zero attached hydrogens (tertiary/aromatic N) is 1. The van der Waals surface area contributed by atoms with Gasteiger partial charge in [-0.1, -0.05) is 13.8 Å². The molecule has 0 spiro atoms. The van der Waals surface area contributed by atoms with Crippen LogP contribution in [0.2, 0.25) is 0 Å². The molecule has 0 fully saturated rings. The van der Waals surface area contributed by atoms with Crippen LogP contribution in [0.5, 0.6) is 0 Å². The Hall–Kier alpha value is 0.0500. The monoisotopic (exact) mass is 186 g/mol. The van der Waals surface area contributed by atoms with Crippen molar-refractivity contribution in [3.05, 3.63) is 0 Å². The molecular weight excluding hydrogens is 171 g/mol. The highest BCUT2D eigenvalue weighted by Crippen LogP contribution is 1.89. The number of rotatable bonds is 2. The maximum atomic E-state index is 5.48. The average Bonchev–Trinajstić information content (AvgIpc) is 1.67. The van der Waals surface area contributed by atoms with Gasteiger partial charge in [-0.15, -0.1) is 24.8 Å². The van der Waals surface area contributed by atoms with Gasteiger partial charge in [0, 0.05) is 12.5 Å². The van der Waals surface area contributed by atoms with Crippen LogP contribution in [-0.2, 0) is 0 Å². The molecule has 0 aliphatic heterocycles. The first-order chi connectivity index (χ1) is 3.68. The zero-order chi connectivity index (χ0) is 6.57. The van der Waals surface area contributed by atoms with Gasteiger partial charge in [0.15, 0.2) is 0 Å². The van der Waals surface area contributed by atoms with Crippen LogP contribution in [0.3, 0.4) is 0 Å². The lowest BCUT2D eigenvalue weighted by molar-refractivity contribution is 0.860. The van der Waals surface area contributed by atoms with Crippen LogP contribution in [-0.4, -0.2) is 12.4 Å². The summed E-state index contributed by atoms with van der Waals surface area (Å²) in [6.07, 6.45) is 0. The zero-order valence-corrected chi connectivity index (χ0v) is 8.26. The van der Waals surface area contributed by atoms with Crippen molar-refractivity contribution in [2.75, 3.05) is 6.54 Å². The fraction of sp³-hybridized carbons (Fsp3) is 0.833. The van der Waals surface area contributed by atoms with Gasteiger partial charge >= 0.3 is 0 Å². The minimum Gasteiger partial charge on any atom is -0.387 e.